The van der Waals surface area contributed by atoms with Crippen molar-refractivity contribution in [2.75, 3.05) is 17.2 Å². The van der Waals surface area contributed by atoms with Crippen LogP contribution in [0.15, 0.2) is 48.5 Å². The number of carbonyl (C=O) groups excluding carboxylic acids is 2. The van der Waals surface area contributed by atoms with E-state index >= 15 is 0 Å². The van der Waals surface area contributed by atoms with Crippen LogP contribution >= 0.6 is 11.3 Å². The summed E-state index contributed by atoms with van der Waals surface area (Å²) < 4.78 is 19.7. The van der Waals surface area contributed by atoms with Crippen LogP contribution in [-0.2, 0) is 12.8 Å². The summed E-state index contributed by atoms with van der Waals surface area (Å²) in [4.78, 5) is 27.5. The predicted molar refractivity (Wildman–Crippen MR) is 139 cm³/mol. The highest BCUT2D eigenvalue weighted by atomic mass is 32.1. The summed E-state index contributed by atoms with van der Waals surface area (Å²) in [6.45, 7) is 9.17. The molecule has 3 aromatic rings. The molecule has 1 aromatic heterocycles. The molecular weight excluding hydrogens is 463 g/mol. The summed E-state index contributed by atoms with van der Waals surface area (Å²) in [5, 5.41) is 6.25. The van der Waals surface area contributed by atoms with Crippen molar-refractivity contribution in [2.45, 2.75) is 47.0 Å². The highest BCUT2D eigenvalue weighted by molar-refractivity contribution is 7.17. The lowest BCUT2D eigenvalue weighted by molar-refractivity contribution is 0.102. The first kappa shape index (κ1) is 24.9. The van der Waals surface area contributed by atoms with Gasteiger partial charge in [-0.3, -0.25) is 9.59 Å². The number of amides is 2. The zero-order valence-corrected chi connectivity index (χ0v) is 21.4. The lowest BCUT2D eigenvalue weighted by atomic mass is 9.72. The highest BCUT2D eigenvalue weighted by Gasteiger charge is 2.34. The maximum absolute atomic E-state index is 14.2. The van der Waals surface area contributed by atoms with Gasteiger partial charge < -0.3 is 15.4 Å². The molecule has 0 radical (unpaired) electrons. The molecule has 2 amide bonds. The number of hydrogen-bond acceptors (Lipinski definition) is 4. The van der Waals surface area contributed by atoms with E-state index in [9.17, 15) is 14.0 Å². The Labute approximate surface area is 209 Å². The van der Waals surface area contributed by atoms with Gasteiger partial charge in [-0.2, -0.15) is 0 Å². The van der Waals surface area contributed by atoms with Crippen molar-refractivity contribution in [1.29, 1.82) is 0 Å². The lowest BCUT2D eigenvalue weighted by Crippen LogP contribution is -2.27. The first-order valence-corrected chi connectivity index (χ1v) is 12.7. The fraction of sp³-hybridized carbons (Fsp3) is 0.357. The molecule has 0 saturated carbocycles. The van der Waals surface area contributed by atoms with E-state index in [-0.39, 0.29) is 16.9 Å². The first-order valence-electron chi connectivity index (χ1n) is 11.9. The summed E-state index contributed by atoms with van der Waals surface area (Å²) in [7, 11) is 0. The minimum Gasteiger partial charge on any atom is -0.494 e. The van der Waals surface area contributed by atoms with Crippen LogP contribution in [0.2, 0.25) is 0 Å². The highest BCUT2D eigenvalue weighted by Crippen LogP contribution is 2.44. The molecule has 0 spiro atoms. The van der Waals surface area contributed by atoms with Gasteiger partial charge in [-0.25, -0.2) is 4.39 Å². The molecule has 35 heavy (non-hydrogen) atoms. The second kappa shape index (κ2) is 10.2. The number of nitrogens with one attached hydrogen (secondary N) is 2. The third-order valence-electron chi connectivity index (χ3n) is 6.49. The molecule has 0 saturated heterocycles. The van der Waals surface area contributed by atoms with Crippen molar-refractivity contribution in [2.24, 2.45) is 11.3 Å². The van der Waals surface area contributed by atoms with E-state index in [1.54, 1.807) is 30.3 Å². The number of thiophene rings is 1. The molecule has 1 atom stereocenters. The third-order valence-corrected chi connectivity index (χ3v) is 7.66. The standard InChI is InChI=1S/C28H31FN2O3S/c1-5-34-19-13-11-18(12-14-19)30-26(33)24-21-15-10-17(28(2,3)4)16-23(21)35-27(24)31-25(32)20-8-6-7-9-22(20)29/h6-9,11-14,17H,5,10,15-16H2,1-4H3,(H,30,33)(H,31,32). The van der Waals surface area contributed by atoms with Gasteiger partial charge in [0.1, 0.15) is 16.6 Å². The smallest absolute Gasteiger partial charge is 0.259 e. The van der Waals surface area contributed by atoms with Crippen molar-refractivity contribution >= 4 is 33.8 Å². The van der Waals surface area contributed by atoms with Gasteiger partial charge >= 0.3 is 0 Å². The van der Waals surface area contributed by atoms with Gasteiger partial charge in [-0.1, -0.05) is 32.9 Å². The van der Waals surface area contributed by atoms with E-state index in [2.05, 4.69) is 31.4 Å². The largest absolute Gasteiger partial charge is 0.494 e. The molecule has 0 fully saturated rings. The SMILES string of the molecule is CCOc1ccc(NC(=O)c2c(NC(=O)c3ccccc3F)sc3c2CCC(C(C)(C)C)C3)cc1. The van der Waals surface area contributed by atoms with Crippen molar-refractivity contribution < 1.29 is 18.7 Å². The number of fused-ring (bicyclic) bond motifs is 1. The molecule has 1 unspecified atom stereocenters. The summed E-state index contributed by atoms with van der Waals surface area (Å²) >= 11 is 1.42. The maximum atomic E-state index is 14.2. The summed E-state index contributed by atoms with van der Waals surface area (Å²) in [6, 6.07) is 13.0. The second-order valence-corrected chi connectivity index (χ2v) is 11.0. The normalized spacial score (nSPS) is 15.3. The van der Waals surface area contributed by atoms with Gasteiger partial charge in [0.05, 0.1) is 17.7 Å². The molecular formula is C28H31FN2O3S. The minimum atomic E-state index is -0.598. The van der Waals surface area contributed by atoms with Crippen LogP contribution in [0.1, 0.15) is 65.3 Å². The predicted octanol–water partition coefficient (Wildman–Crippen LogP) is 6.94. The van der Waals surface area contributed by atoms with Gasteiger partial charge in [-0.05, 0) is 79.5 Å². The molecule has 5 nitrogen and oxygen atoms in total. The molecule has 1 aliphatic carbocycles. The number of benzene rings is 2. The average molecular weight is 495 g/mol. The fourth-order valence-corrected chi connectivity index (χ4v) is 5.78. The van der Waals surface area contributed by atoms with Gasteiger partial charge in [0.25, 0.3) is 11.8 Å². The summed E-state index contributed by atoms with van der Waals surface area (Å²) in [5.74, 6) is -0.247. The Morgan fingerprint density at radius 3 is 2.43 bits per heavy atom. The van der Waals surface area contributed by atoms with Crippen LogP contribution in [0, 0.1) is 17.2 Å². The molecule has 7 heteroatoms. The van der Waals surface area contributed by atoms with Gasteiger partial charge in [0, 0.05) is 10.6 Å². The Morgan fingerprint density at radius 2 is 1.77 bits per heavy atom. The number of hydrogen-bond donors (Lipinski definition) is 2. The van der Waals surface area contributed by atoms with E-state index in [1.165, 1.54) is 29.5 Å². The fourth-order valence-electron chi connectivity index (χ4n) is 4.46. The second-order valence-electron chi connectivity index (χ2n) is 9.86. The Balaban J connectivity index is 1.66. The molecule has 0 aliphatic heterocycles. The Morgan fingerprint density at radius 1 is 1.06 bits per heavy atom. The van der Waals surface area contributed by atoms with Crippen molar-refractivity contribution in [3.63, 3.8) is 0 Å². The van der Waals surface area contributed by atoms with Gasteiger partial charge in [0.15, 0.2) is 0 Å². The first-order chi connectivity index (χ1) is 16.7. The molecule has 1 aliphatic rings. The monoisotopic (exact) mass is 494 g/mol. The van der Waals surface area contributed by atoms with Gasteiger partial charge in [-0.15, -0.1) is 11.3 Å². The van der Waals surface area contributed by atoms with E-state index in [0.717, 1.165) is 35.5 Å². The number of ether oxygens (including phenoxy) is 1. The van der Waals surface area contributed by atoms with Crippen LogP contribution in [0.25, 0.3) is 0 Å². The van der Waals surface area contributed by atoms with E-state index in [0.29, 0.717) is 28.8 Å². The zero-order valence-electron chi connectivity index (χ0n) is 20.5. The molecule has 2 N–H and O–H groups in total. The van der Waals surface area contributed by atoms with Crippen LogP contribution < -0.4 is 15.4 Å². The molecule has 4 rings (SSSR count). The number of carbonyl (C=O) groups is 2. The van der Waals surface area contributed by atoms with Gasteiger partial charge in [0.2, 0.25) is 0 Å². The quantitative estimate of drug-likeness (QED) is 0.390. The van der Waals surface area contributed by atoms with Crippen molar-refractivity contribution in [3.05, 3.63) is 75.9 Å². The Hall–Kier alpha value is -3.19. The molecule has 1 heterocycles. The molecule has 2 aromatic carbocycles. The van der Waals surface area contributed by atoms with E-state index in [4.69, 9.17) is 4.74 Å². The summed E-state index contributed by atoms with van der Waals surface area (Å²) in [5.41, 5.74) is 2.17. The average Bonchev–Trinajstić information content (AvgIpc) is 3.17. The lowest BCUT2D eigenvalue weighted by Gasteiger charge is -2.33. The summed E-state index contributed by atoms with van der Waals surface area (Å²) in [6.07, 6.45) is 2.58. The minimum absolute atomic E-state index is 0.0516. The topological polar surface area (TPSA) is 67.4 Å². The van der Waals surface area contributed by atoms with Crippen molar-refractivity contribution in [3.8, 4) is 5.75 Å². The van der Waals surface area contributed by atoms with Crippen molar-refractivity contribution in [1.82, 2.24) is 0 Å². The number of rotatable bonds is 6. The van der Waals surface area contributed by atoms with Crippen LogP contribution in [0.4, 0.5) is 15.1 Å². The third kappa shape index (κ3) is 5.56. The van der Waals surface area contributed by atoms with E-state index in [1.807, 2.05) is 6.92 Å². The van der Waals surface area contributed by atoms with Crippen LogP contribution in [0.5, 0.6) is 5.75 Å². The molecule has 0 bridgehead atoms. The maximum Gasteiger partial charge on any atom is 0.259 e. The van der Waals surface area contributed by atoms with Crippen LogP contribution in [-0.4, -0.2) is 18.4 Å². The number of anilines is 2. The van der Waals surface area contributed by atoms with Crippen LogP contribution in [0.3, 0.4) is 0 Å². The zero-order chi connectivity index (χ0) is 25.2. The number of halogens is 1. The Kier molecular flexibility index (Phi) is 7.26. The molecule has 184 valence electrons. The Bertz CT molecular complexity index is 1230. The van der Waals surface area contributed by atoms with E-state index < -0.39 is 11.7 Å².